The Labute approximate surface area is 186 Å². The Kier molecular flexibility index (Phi) is 5.25. The molecular weight excluding hydrogens is 431 g/mol. The number of nitrogens with one attached hydrogen (secondary N) is 1. The quantitative estimate of drug-likeness (QED) is 0.408. The van der Waals surface area contributed by atoms with Crippen LogP contribution in [0.2, 0.25) is 0 Å². The highest BCUT2D eigenvalue weighted by Crippen LogP contribution is 2.28. The van der Waals surface area contributed by atoms with Crippen LogP contribution in [0.15, 0.2) is 79.4 Å². The topological polar surface area (TPSA) is 72.9 Å². The third-order valence-electron chi connectivity index (χ3n) is 5.18. The first-order valence-corrected chi connectivity index (χ1v) is 10.1. The van der Waals surface area contributed by atoms with Crippen LogP contribution in [-0.2, 0) is 19.3 Å². The van der Waals surface area contributed by atoms with Gasteiger partial charge in [-0.05, 0) is 34.4 Å². The van der Waals surface area contributed by atoms with Crippen LogP contribution in [0.5, 0.6) is 0 Å². The van der Waals surface area contributed by atoms with Crippen LogP contribution in [0.3, 0.4) is 0 Å². The fraction of sp³-hybridized carbons (Fsp3) is 0.130. The number of halogens is 3. The van der Waals surface area contributed by atoms with Crippen LogP contribution in [0.25, 0.3) is 16.8 Å². The summed E-state index contributed by atoms with van der Waals surface area (Å²) in [6.07, 6.45) is 0.800. The second-order valence-corrected chi connectivity index (χ2v) is 7.45. The van der Waals surface area contributed by atoms with Gasteiger partial charge in [0.1, 0.15) is 5.82 Å². The Morgan fingerprint density at radius 2 is 1.73 bits per heavy atom. The second kappa shape index (κ2) is 8.38. The van der Waals surface area contributed by atoms with Crippen molar-refractivity contribution in [2.24, 2.45) is 0 Å². The minimum absolute atomic E-state index is 0.0315. The Hall–Kier alpha value is -4.21. The molecule has 0 saturated carbocycles. The van der Waals surface area contributed by atoms with Gasteiger partial charge in [-0.1, -0.05) is 48.5 Å². The van der Waals surface area contributed by atoms with E-state index in [1.54, 1.807) is 18.6 Å². The van der Waals surface area contributed by atoms with E-state index in [1.807, 2.05) is 35.0 Å². The summed E-state index contributed by atoms with van der Waals surface area (Å²) in [6, 6.07) is 19.1. The summed E-state index contributed by atoms with van der Waals surface area (Å²) >= 11 is 0. The van der Waals surface area contributed by atoms with Crippen molar-refractivity contribution in [2.75, 3.05) is 5.32 Å². The van der Waals surface area contributed by atoms with Crippen LogP contribution in [-0.4, -0.2) is 29.4 Å². The molecule has 0 spiro atoms. The molecule has 7 nitrogen and oxygen atoms in total. The summed E-state index contributed by atoms with van der Waals surface area (Å²) in [5, 5.41) is 13.9. The number of anilines is 1. The second-order valence-electron chi connectivity index (χ2n) is 7.45. The molecule has 0 aliphatic rings. The lowest BCUT2D eigenvalue weighted by Gasteiger charge is -2.12. The molecule has 5 rings (SSSR count). The van der Waals surface area contributed by atoms with Crippen molar-refractivity contribution in [3.8, 4) is 11.1 Å². The molecule has 0 aliphatic heterocycles. The maximum atomic E-state index is 13.1. The van der Waals surface area contributed by atoms with E-state index < -0.39 is 12.0 Å². The largest absolute Gasteiger partial charge is 0.453 e. The number of hydrogen-bond acceptors (Lipinski definition) is 5. The summed E-state index contributed by atoms with van der Waals surface area (Å²) in [6.45, 7) is 1.12. The fourth-order valence-electron chi connectivity index (χ4n) is 3.58. The number of hydrogen-bond donors (Lipinski definition) is 1. The van der Waals surface area contributed by atoms with Gasteiger partial charge in [-0.2, -0.15) is 17.7 Å². The predicted octanol–water partition coefficient (Wildman–Crippen LogP) is 4.67. The molecule has 0 fully saturated rings. The Balaban J connectivity index is 1.35. The minimum Gasteiger partial charge on any atom is -0.365 e. The number of fused-ring (bicyclic) bond motifs is 1. The lowest BCUT2D eigenvalue weighted by atomic mass is 9.98. The molecule has 0 saturated heterocycles. The van der Waals surface area contributed by atoms with E-state index in [-0.39, 0.29) is 5.65 Å². The third-order valence-corrected chi connectivity index (χ3v) is 5.18. The summed E-state index contributed by atoms with van der Waals surface area (Å²) in [5.41, 5.74) is 4.24. The molecule has 0 amide bonds. The number of nitrogens with zero attached hydrogens (tertiary/aromatic N) is 6. The van der Waals surface area contributed by atoms with E-state index in [0.29, 0.717) is 16.9 Å². The van der Waals surface area contributed by atoms with E-state index in [9.17, 15) is 13.2 Å². The van der Waals surface area contributed by atoms with Crippen molar-refractivity contribution < 1.29 is 13.2 Å². The van der Waals surface area contributed by atoms with Gasteiger partial charge in [-0.15, -0.1) is 15.3 Å². The summed E-state index contributed by atoms with van der Waals surface area (Å²) in [7, 11) is 0. The number of benzene rings is 2. The zero-order valence-electron chi connectivity index (χ0n) is 17.2. The Bertz CT molecular complexity index is 1370. The average Bonchev–Trinajstić information content (AvgIpc) is 3.48. The smallest absolute Gasteiger partial charge is 0.365 e. The van der Waals surface area contributed by atoms with Gasteiger partial charge in [0.2, 0.25) is 0 Å². The summed E-state index contributed by atoms with van der Waals surface area (Å²) in [5.74, 6) is -0.865. The lowest BCUT2D eigenvalue weighted by Crippen LogP contribution is -2.13. The van der Waals surface area contributed by atoms with Crippen LogP contribution >= 0.6 is 0 Å². The Morgan fingerprint density at radius 1 is 0.909 bits per heavy atom. The molecule has 33 heavy (non-hydrogen) atoms. The average molecular weight is 449 g/mol. The number of imidazole rings is 1. The fourth-order valence-corrected chi connectivity index (χ4v) is 3.58. The van der Waals surface area contributed by atoms with Crippen LogP contribution < -0.4 is 5.32 Å². The molecule has 2 aromatic carbocycles. The molecule has 0 aliphatic carbocycles. The number of rotatable bonds is 6. The lowest BCUT2D eigenvalue weighted by molar-refractivity contribution is -0.146. The highest BCUT2D eigenvalue weighted by Gasteiger charge is 2.37. The van der Waals surface area contributed by atoms with Crippen LogP contribution in [0.4, 0.5) is 19.0 Å². The normalized spacial score (nSPS) is 11.7. The maximum Gasteiger partial charge on any atom is 0.453 e. The highest BCUT2D eigenvalue weighted by atomic mass is 19.4. The minimum atomic E-state index is -4.64. The number of aromatic nitrogens is 6. The van der Waals surface area contributed by atoms with Crippen molar-refractivity contribution in [3.63, 3.8) is 0 Å². The third kappa shape index (κ3) is 4.40. The first-order valence-electron chi connectivity index (χ1n) is 10.1. The molecule has 0 unspecified atom stereocenters. The van der Waals surface area contributed by atoms with E-state index in [2.05, 4.69) is 49.9 Å². The molecule has 1 N–H and O–H groups in total. The molecule has 166 valence electrons. The zero-order chi connectivity index (χ0) is 22.8. The van der Waals surface area contributed by atoms with Crippen LogP contribution in [0.1, 0.15) is 17.0 Å². The van der Waals surface area contributed by atoms with Gasteiger partial charge in [0.05, 0.1) is 6.33 Å². The van der Waals surface area contributed by atoms with Crippen molar-refractivity contribution in [1.29, 1.82) is 0 Å². The van der Waals surface area contributed by atoms with Gasteiger partial charge in [0.25, 0.3) is 5.82 Å². The SMILES string of the molecule is FC(F)(F)c1nnc2ccc(NCc3ccccc3-c3ccc(Cn4ccnc4)cc3)nn12. The van der Waals surface area contributed by atoms with Gasteiger partial charge in [0.15, 0.2) is 5.65 Å². The summed E-state index contributed by atoms with van der Waals surface area (Å²) < 4.78 is 42.1. The molecule has 0 radical (unpaired) electrons. The van der Waals surface area contributed by atoms with Gasteiger partial charge >= 0.3 is 6.18 Å². The molecular formula is C23H18F3N7. The van der Waals surface area contributed by atoms with Gasteiger partial charge in [0, 0.05) is 25.5 Å². The molecule has 10 heteroatoms. The van der Waals surface area contributed by atoms with Crippen molar-refractivity contribution in [1.82, 2.24) is 29.4 Å². The predicted molar refractivity (Wildman–Crippen MR) is 116 cm³/mol. The van der Waals surface area contributed by atoms with E-state index in [0.717, 1.165) is 28.8 Å². The molecule has 5 aromatic rings. The van der Waals surface area contributed by atoms with Crippen molar-refractivity contribution in [3.05, 3.63) is 96.3 Å². The van der Waals surface area contributed by atoms with Gasteiger partial charge in [-0.3, -0.25) is 0 Å². The van der Waals surface area contributed by atoms with Gasteiger partial charge in [-0.25, -0.2) is 4.98 Å². The standard InChI is InChI=1S/C23H18F3N7/c24-23(25,26)22-30-29-21-10-9-20(31-33(21)22)28-13-18-3-1-2-4-19(18)17-7-5-16(6-8-17)14-32-12-11-27-15-32/h1-12,15H,13-14H2,(H,28,31). The van der Waals surface area contributed by atoms with Gasteiger partial charge < -0.3 is 9.88 Å². The van der Waals surface area contributed by atoms with Crippen molar-refractivity contribution in [2.45, 2.75) is 19.3 Å². The first-order chi connectivity index (χ1) is 16.0. The molecule has 0 bridgehead atoms. The molecule has 3 heterocycles. The molecule has 3 aromatic heterocycles. The Morgan fingerprint density at radius 3 is 2.48 bits per heavy atom. The van der Waals surface area contributed by atoms with Crippen LogP contribution in [0, 0.1) is 0 Å². The van der Waals surface area contributed by atoms with Crippen molar-refractivity contribution >= 4 is 11.5 Å². The zero-order valence-corrected chi connectivity index (χ0v) is 17.2. The summed E-state index contributed by atoms with van der Waals surface area (Å²) in [4.78, 5) is 4.06. The van der Waals surface area contributed by atoms with E-state index in [1.165, 1.54) is 6.07 Å². The number of alkyl halides is 3. The molecule has 0 atom stereocenters. The van der Waals surface area contributed by atoms with E-state index in [4.69, 9.17) is 0 Å². The maximum absolute atomic E-state index is 13.1. The van der Waals surface area contributed by atoms with E-state index >= 15 is 0 Å². The highest BCUT2D eigenvalue weighted by molar-refractivity contribution is 5.68. The first kappa shape index (κ1) is 20.7. The monoisotopic (exact) mass is 449 g/mol.